The molecule has 5 unspecified atom stereocenters. The molecule has 0 heterocycles. The summed E-state index contributed by atoms with van der Waals surface area (Å²) in [7, 11) is -9.82. The molecule has 0 aliphatic heterocycles. The number of hydrogen-bond donors (Lipinski definition) is 4. The summed E-state index contributed by atoms with van der Waals surface area (Å²) in [5, 5.41) is 20.7. The molecule has 0 aromatic rings. The third kappa shape index (κ3) is 93.2. The number of unbranched alkanes of at least 4 members (excludes halogenated alkanes) is 35. The van der Waals surface area contributed by atoms with Gasteiger partial charge in [0.2, 0.25) is 0 Å². The molecule has 0 fully saturated rings. The minimum atomic E-state index is -4.95. The fraction of sp³-hybridized carbons (Fsp3) is 0.673. The standard InChI is InChI=1S/C101H170O16P2/c1-4-7-10-13-16-19-22-25-28-31-34-37-39-41-43-45-46-47-48-50-52-53-55-58-60-63-66-69-72-75-78-81-84-87-99(104)111-90-96(102)91-113-118(107,108)114-92-97(103)93-115-119(109,110)116-95-98(117-101(106)89-86-83-80-77-74-71-68-65-62-57-36-33-30-27-24-21-18-15-12-9-6-3)94-112-100(105)88-85-82-79-76-73-70-67-64-61-59-56-54-51-49-44-42-40-38-35-32-29-26-23-20-17-14-11-8-5-2/h7-8,10-11,16-21,25-30,34-38,41-44,51,54,57,65,68,96-98,102-103H,4-6,9,12-15,22-24,31-33,39-40,45-50,52-53,55-56,58-64,66-67,69-95H2,1-3H3,(H,107,108)(H,109,110)/b10-7-,11-8-,19-16-,20-17-,21-18-,28-25-,29-26-,30-27-,37-34-,38-35-,43-41-,44-42-,54-51-,57-36-,68-65-. The van der Waals surface area contributed by atoms with Crippen molar-refractivity contribution in [1.29, 1.82) is 0 Å². The Balaban J connectivity index is 4.59. The van der Waals surface area contributed by atoms with Crippen molar-refractivity contribution in [3.63, 3.8) is 0 Å². The quantitative estimate of drug-likeness (QED) is 0.0146. The van der Waals surface area contributed by atoms with E-state index < -0.39 is 91.5 Å². The summed E-state index contributed by atoms with van der Waals surface area (Å²) in [6.45, 7) is 2.44. The van der Waals surface area contributed by atoms with Crippen LogP contribution in [0.15, 0.2) is 182 Å². The van der Waals surface area contributed by atoms with Crippen LogP contribution < -0.4 is 0 Å². The number of rotatable bonds is 88. The van der Waals surface area contributed by atoms with Gasteiger partial charge in [-0.15, -0.1) is 0 Å². The van der Waals surface area contributed by atoms with E-state index >= 15 is 0 Å². The molecule has 0 aromatic carbocycles. The number of phosphoric ester groups is 2. The number of hydrogen-bond acceptors (Lipinski definition) is 14. The van der Waals surface area contributed by atoms with Crippen LogP contribution in [-0.4, -0.2) is 95.9 Å². The average Bonchev–Trinajstić information content (AvgIpc) is 0.903. The van der Waals surface area contributed by atoms with E-state index in [9.17, 15) is 43.5 Å². The lowest BCUT2D eigenvalue weighted by Gasteiger charge is -2.21. The van der Waals surface area contributed by atoms with Crippen molar-refractivity contribution < 1.29 is 75.8 Å². The van der Waals surface area contributed by atoms with Crippen molar-refractivity contribution in [2.75, 3.05) is 39.6 Å². The summed E-state index contributed by atoms with van der Waals surface area (Å²) in [6.07, 6.45) is 121. The van der Waals surface area contributed by atoms with Crippen molar-refractivity contribution in [3.8, 4) is 0 Å². The Morgan fingerprint density at radius 1 is 0.244 bits per heavy atom. The Hall–Kier alpha value is -5.35. The molecule has 0 rings (SSSR count). The van der Waals surface area contributed by atoms with Crippen LogP contribution in [0.5, 0.6) is 0 Å². The maximum Gasteiger partial charge on any atom is 0.472 e. The van der Waals surface area contributed by atoms with E-state index in [4.69, 9.17) is 32.3 Å². The smallest absolute Gasteiger partial charge is 0.463 e. The zero-order valence-corrected chi connectivity index (χ0v) is 76.8. The molecule has 680 valence electrons. The van der Waals surface area contributed by atoms with Crippen molar-refractivity contribution in [2.24, 2.45) is 0 Å². The zero-order valence-electron chi connectivity index (χ0n) is 75.0. The molecule has 0 aliphatic rings. The monoisotopic (exact) mass is 1700 g/mol. The SMILES string of the molecule is CC/C=C\C/C=C\C/C=C\C/C=C\C/C=C\C/C=C\CCCCCCCCCCCCC(=O)OCC(COP(=O)(O)OCC(O)COP(=O)(O)OCC(O)COC(=O)CCCCCCCCCCCCCCCCCCC/C=C\C/C=C\C/C=C\C/C=C\C/C=C\CC)OC(=O)CCCCCCC/C=C\C/C=C\C/C=C\C/C=C\CCCCC. The fourth-order valence-corrected chi connectivity index (χ4v) is 14.1. The Kier molecular flexibility index (Phi) is 87.7. The van der Waals surface area contributed by atoms with Gasteiger partial charge in [-0.2, -0.15) is 0 Å². The molecule has 119 heavy (non-hydrogen) atoms. The summed E-state index contributed by atoms with van der Waals surface area (Å²) in [6, 6.07) is 0. The highest BCUT2D eigenvalue weighted by Gasteiger charge is 2.29. The molecule has 0 radical (unpaired) electrons. The van der Waals surface area contributed by atoms with Gasteiger partial charge in [-0.1, -0.05) is 383 Å². The van der Waals surface area contributed by atoms with Crippen LogP contribution in [0.2, 0.25) is 0 Å². The minimum Gasteiger partial charge on any atom is -0.463 e. The number of aliphatic hydroxyl groups is 2. The highest BCUT2D eigenvalue weighted by atomic mass is 31.2. The number of phosphoric acid groups is 2. The third-order valence-electron chi connectivity index (χ3n) is 19.6. The van der Waals surface area contributed by atoms with Crippen molar-refractivity contribution in [2.45, 2.75) is 399 Å². The first-order valence-corrected chi connectivity index (χ1v) is 50.1. The van der Waals surface area contributed by atoms with Gasteiger partial charge in [-0.25, -0.2) is 9.13 Å². The molecule has 16 nitrogen and oxygen atoms in total. The predicted octanol–water partition coefficient (Wildman–Crippen LogP) is 29.2. The molecule has 0 aliphatic carbocycles. The van der Waals surface area contributed by atoms with Gasteiger partial charge in [0.05, 0.1) is 26.4 Å². The Labute approximate surface area is 725 Å². The lowest BCUT2D eigenvalue weighted by Crippen LogP contribution is -2.30. The molecule has 0 amide bonds. The Morgan fingerprint density at radius 2 is 0.445 bits per heavy atom. The number of allylic oxidation sites excluding steroid dienone is 30. The van der Waals surface area contributed by atoms with E-state index in [-0.39, 0.29) is 19.3 Å². The summed E-state index contributed by atoms with van der Waals surface area (Å²) >= 11 is 0. The Bertz CT molecular complexity index is 2890. The van der Waals surface area contributed by atoms with Crippen molar-refractivity contribution in [1.82, 2.24) is 0 Å². The molecule has 5 atom stereocenters. The maximum atomic E-state index is 13.1. The van der Waals surface area contributed by atoms with Crippen LogP contribution in [0.25, 0.3) is 0 Å². The molecule has 0 saturated heterocycles. The van der Waals surface area contributed by atoms with Crippen LogP contribution in [0, 0.1) is 0 Å². The van der Waals surface area contributed by atoms with E-state index in [1.807, 2.05) is 0 Å². The van der Waals surface area contributed by atoms with Gasteiger partial charge >= 0.3 is 33.6 Å². The molecule has 0 saturated carbocycles. The van der Waals surface area contributed by atoms with Gasteiger partial charge < -0.3 is 34.2 Å². The zero-order chi connectivity index (χ0) is 86.5. The van der Waals surface area contributed by atoms with Crippen LogP contribution in [-0.2, 0) is 55.8 Å². The fourth-order valence-electron chi connectivity index (χ4n) is 12.5. The minimum absolute atomic E-state index is 0.0777. The maximum absolute atomic E-state index is 13.1. The van der Waals surface area contributed by atoms with Gasteiger partial charge in [0, 0.05) is 19.3 Å². The van der Waals surface area contributed by atoms with Crippen LogP contribution in [0.1, 0.15) is 380 Å². The largest absolute Gasteiger partial charge is 0.472 e. The van der Waals surface area contributed by atoms with Gasteiger partial charge in [0.25, 0.3) is 0 Å². The first-order valence-electron chi connectivity index (χ1n) is 47.1. The lowest BCUT2D eigenvalue weighted by atomic mass is 10.0. The van der Waals surface area contributed by atoms with E-state index in [0.29, 0.717) is 19.3 Å². The summed E-state index contributed by atoms with van der Waals surface area (Å²) in [5.41, 5.74) is 0. The molecule has 18 heteroatoms. The summed E-state index contributed by atoms with van der Waals surface area (Å²) in [5.74, 6) is -1.60. The number of carbonyl (C=O) groups excluding carboxylic acids is 3. The second-order valence-corrected chi connectivity index (χ2v) is 34.0. The topological polar surface area (TPSA) is 231 Å². The summed E-state index contributed by atoms with van der Waals surface area (Å²) in [4.78, 5) is 59.0. The number of esters is 3. The predicted molar refractivity (Wildman–Crippen MR) is 500 cm³/mol. The molecular formula is C101H170O16P2. The Morgan fingerprint density at radius 3 is 0.706 bits per heavy atom. The first-order chi connectivity index (χ1) is 58.2. The van der Waals surface area contributed by atoms with Crippen molar-refractivity contribution in [3.05, 3.63) is 182 Å². The van der Waals surface area contributed by atoms with Crippen molar-refractivity contribution >= 4 is 33.6 Å². The number of ether oxygens (including phenoxy) is 3. The normalized spacial score (nSPS) is 14.6. The van der Waals surface area contributed by atoms with Crippen LogP contribution >= 0.6 is 15.6 Å². The van der Waals surface area contributed by atoms with Crippen LogP contribution in [0.3, 0.4) is 0 Å². The number of aliphatic hydroxyl groups excluding tert-OH is 2. The molecule has 0 spiro atoms. The van der Waals surface area contributed by atoms with E-state index in [1.54, 1.807) is 0 Å². The highest BCUT2D eigenvalue weighted by molar-refractivity contribution is 7.47. The first kappa shape index (κ1) is 114. The second-order valence-electron chi connectivity index (χ2n) is 31.0. The lowest BCUT2D eigenvalue weighted by molar-refractivity contribution is -0.161. The van der Waals surface area contributed by atoms with Gasteiger partial charge in [-0.05, 0) is 161 Å². The van der Waals surface area contributed by atoms with Gasteiger partial charge in [0.15, 0.2) is 6.10 Å². The third-order valence-corrected chi connectivity index (χ3v) is 21.5. The van der Waals surface area contributed by atoms with E-state index in [1.165, 1.54) is 141 Å². The molecule has 0 aromatic heterocycles. The van der Waals surface area contributed by atoms with E-state index in [0.717, 1.165) is 180 Å². The molecular weight excluding hydrogens is 1530 g/mol. The summed E-state index contributed by atoms with van der Waals surface area (Å²) < 4.78 is 61.5. The van der Waals surface area contributed by atoms with Gasteiger partial charge in [-0.3, -0.25) is 32.5 Å². The molecule has 0 bridgehead atoms. The van der Waals surface area contributed by atoms with Gasteiger partial charge in [0.1, 0.15) is 25.4 Å². The average molecular weight is 1700 g/mol. The highest BCUT2D eigenvalue weighted by Crippen LogP contribution is 2.45. The van der Waals surface area contributed by atoms with E-state index in [2.05, 4.69) is 203 Å². The van der Waals surface area contributed by atoms with Crippen LogP contribution in [0.4, 0.5) is 0 Å². The molecule has 4 N–H and O–H groups in total. The number of carbonyl (C=O) groups is 3. The second kappa shape index (κ2) is 91.8.